The van der Waals surface area contributed by atoms with E-state index in [1.54, 1.807) is 30.5 Å². The van der Waals surface area contributed by atoms with E-state index in [4.69, 9.17) is 11.6 Å². The number of hydrogen-bond donors (Lipinski definition) is 1. The smallest absolute Gasteiger partial charge is 0.267 e. The molecule has 0 radical (unpaired) electrons. The Labute approximate surface area is 124 Å². The number of carbonyl (C=O) groups excluding carboxylic acids is 1. The standard InChI is InChI=1S/C14H10BrClN2O/c15-13-7-2-1-4-11(13)9-17-18-14(19)10-5-3-6-12(16)8-10/h1-9H,(H,18,19)/b17-9-. The number of nitrogens with zero attached hydrogens (tertiary/aromatic N) is 1. The van der Waals surface area contributed by atoms with Gasteiger partial charge in [-0.15, -0.1) is 0 Å². The highest BCUT2D eigenvalue weighted by Gasteiger charge is 2.03. The first-order valence-corrected chi connectivity index (χ1v) is 6.67. The number of rotatable bonds is 3. The minimum absolute atomic E-state index is 0.300. The van der Waals surface area contributed by atoms with E-state index in [-0.39, 0.29) is 5.91 Å². The Kier molecular flexibility index (Phi) is 4.71. The molecule has 3 nitrogen and oxygen atoms in total. The summed E-state index contributed by atoms with van der Waals surface area (Å²) in [5.74, 6) is -0.300. The molecule has 0 unspecified atom stereocenters. The number of hydrazone groups is 1. The van der Waals surface area contributed by atoms with Crippen molar-refractivity contribution in [3.05, 3.63) is 69.2 Å². The molecule has 96 valence electrons. The van der Waals surface area contributed by atoms with Gasteiger partial charge in [-0.3, -0.25) is 4.79 Å². The van der Waals surface area contributed by atoms with Crippen LogP contribution in [-0.2, 0) is 0 Å². The lowest BCUT2D eigenvalue weighted by Gasteiger charge is -2.00. The highest BCUT2D eigenvalue weighted by atomic mass is 79.9. The second-order valence-electron chi connectivity index (χ2n) is 3.73. The lowest BCUT2D eigenvalue weighted by Crippen LogP contribution is -2.17. The van der Waals surface area contributed by atoms with Crippen LogP contribution >= 0.6 is 27.5 Å². The molecule has 2 aromatic carbocycles. The van der Waals surface area contributed by atoms with Crippen LogP contribution < -0.4 is 5.43 Å². The second kappa shape index (κ2) is 6.50. The molecule has 5 heteroatoms. The number of halogens is 2. The van der Waals surface area contributed by atoms with Crippen molar-refractivity contribution in [1.82, 2.24) is 5.43 Å². The molecular formula is C14H10BrClN2O. The number of amides is 1. The summed E-state index contributed by atoms with van der Waals surface area (Å²) in [4.78, 5) is 11.8. The van der Waals surface area contributed by atoms with E-state index >= 15 is 0 Å². The minimum Gasteiger partial charge on any atom is -0.267 e. The summed E-state index contributed by atoms with van der Waals surface area (Å²) in [5, 5.41) is 4.43. The fourth-order valence-corrected chi connectivity index (χ4v) is 2.01. The van der Waals surface area contributed by atoms with Crippen molar-refractivity contribution in [2.75, 3.05) is 0 Å². The maximum atomic E-state index is 11.8. The van der Waals surface area contributed by atoms with E-state index in [0.717, 1.165) is 10.0 Å². The molecule has 19 heavy (non-hydrogen) atoms. The van der Waals surface area contributed by atoms with Crippen LogP contribution in [0.25, 0.3) is 0 Å². The molecule has 0 atom stereocenters. The zero-order valence-corrected chi connectivity index (χ0v) is 12.1. The summed E-state index contributed by atoms with van der Waals surface area (Å²) in [7, 11) is 0. The van der Waals surface area contributed by atoms with Crippen molar-refractivity contribution in [2.24, 2.45) is 5.10 Å². The third-order valence-electron chi connectivity index (χ3n) is 2.36. The second-order valence-corrected chi connectivity index (χ2v) is 5.02. The zero-order chi connectivity index (χ0) is 13.7. The summed E-state index contributed by atoms with van der Waals surface area (Å²) in [6, 6.07) is 14.3. The first-order valence-electron chi connectivity index (χ1n) is 5.50. The number of hydrogen-bond acceptors (Lipinski definition) is 2. The Bertz CT molecular complexity index is 628. The molecular weight excluding hydrogens is 328 g/mol. The van der Waals surface area contributed by atoms with Crippen LogP contribution in [0.4, 0.5) is 0 Å². The van der Waals surface area contributed by atoms with Gasteiger partial charge >= 0.3 is 0 Å². The normalized spacial score (nSPS) is 10.6. The van der Waals surface area contributed by atoms with Gasteiger partial charge in [0, 0.05) is 20.6 Å². The lowest BCUT2D eigenvalue weighted by molar-refractivity contribution is 0.0955. The van der Waals surface area contributed by atoms with E-state index in [1.165, 1.54) is 0 Å². The maximum Gasteiger partial charge on any atom is 0.271 e. The van der Waals surface area contributed by atoms with Crippen molar-refractivity contribution in [3.63, 3.8) is 0 Å². The SMILES string of the molecule is O=C(N/N=C\c1ccccc1Br)c1cccc(Cl)c1. The van der Waals surface area contributed by atoms with Crippen molar-refractivity contribution in [3.8, 4) is 0 Å². The Morgan fingerprint density at radius 1 is 1.21 bits per heavy atom. The van der Waals surface area contributed by atoms with Gasteiger partial charge in [0.1, 0.15) is 0 Å². The predicted octanol–water partition coefficient (Wildman–Crippen LogP) is 3.87. The Morgan fingerprint density at radius 2 is 2.00 bits per heavy atom. The largest absolute Gasteiger partial charge is 0.271 e. The molecule has 2 aromatic rings. The van der Waals surface area contributed by atoms with Gasteiger partial charge in [-0.1, -0.05) is 51.8 Å². The van der Waals surface area contributed by atoms with Crippen LogP contribution in [0.15, 0.2) is 58.1 Å². The molecule has 0 aliphatic heterocycles. The quantitative estimate of drug-likeness (QED) is 0.670. The summed E-state index contributed by atoms with van der Waals surface area (Å²) in [6.45, 7) is 0. The first kappa shape index (κ1) is 13.8. The minimum atomic E-state index is -0.300. The lowest BCUT2D eigenvalue weighted by atomic mass is 10.2. The molecule has 0 fully saturated rings. The van der Waals surface area contributed by atoms with Crippen LogP contribution in [0.2, 0.25) is 5.02 Å². The van der Waals surface area contributed by atoms with Crippen LogP contribution in [0.5, 0.6) is 0 Å². The van der Waals surface area contributed by atoms with E-state index in [2.05, 4.69) is 26.5 Å². The first-order chi connectivity index (χ1) is 9.16. The van der Waals surface area contributed by atoms with Crippen LogP contribution in [0.1, 0.15) is 15.9 Å². The monoisotopic (exact) mass is 336 g/mol. The van der Waals surface area contributed by atoms with E-state index in [0.29, 0.717) is 10.6 Å². The predicted molar refractivity (Wildman–Crippen MR) is 80.7 cm³/mol. The van der Waals surface area contributed by atoms with Gasteiger partial charge in [0.2, 0.25) is 0 Å². The number of nitrogens with one attached hydrogen (secondary N) is 1. The molecule has 0 spiro atoms. The zero-order valence-electron chi connectivity index (χ0n) is 9.81. The van der Waals surface area contributed by atoms with Gasteiger partial charge in [0.25, 0.3) is 5.91 Å². The summed E-state index contributed by atoms with van der Waals surface area (Å²) in [5.41, 5.74) is 3.81. The van der Waals surface area contributed by atoms with Gasteiger partial charge in [-0.25, -0.2) is 5.43 Å². The van der Waals surface area contributed by atoms with Crippen molar-refractivity contribution in [2.45, 2.75) is 0 Å². The molecule has 1 amide bonds. The maximum absolute atomic E-state index is 11.8. The Balaban J connectivity index is 2.03. The molecule has 0 aliphatic carbocycles. The van der Waals surface area contributed by atoms with E-state index < -0.39 is 0 Å². The molecule has 0 aliphatic rings. The third-order valence-corrected chi connectivity index (χ3v) is 3.32. The topological polar surface area (TPSA) is 41.5 Å². The summed E-state index contributed by atoms with van der Waals surface area (Å²) < 4.78 is 0.913. The highest BCUT2D eigenvalue weighted by molar-refractivity contribution is 9.10. The number of carbonyl (C=O) groups is 1. The molecule has 0 heterocycles. The molecule has 0 saturated carbocycles. The third kappa shape index (κ3) is 3.91. The molecule has 0 saturated heterocycles. The summed E-state index contributed by atoms with van der Waals surface area (Å²) >= 11 is 9.21. The van der Waals surface area contributed by atoms with E-state index in [1.807, 2.05) is 24.3 Å². The molecule has 0 aromatic heterocycles. The fourth-order valence-electron chi connectivity index (χ4n) is 1.43. The Morgan fingerprint density at radius 3 is 2.74 bits per heavy atom. The van der Waals surface area contributed by atoms with Gasteiger partial charge in [-0.2, -0.15) is 5.10 Å². The van der Waals surface area contributed by atoms with Crippen molar-refractivity contribution >= 4 is 39.7 Å². The van der Waals surface area contributed by atoms with E-state index in [9.17, 15) is 4.79 Å². The van der Waals surface area contributed by atoms with Crippen molar-refractivity contribution < 1.29 is 4.79 Å². The van der Waals surface area contributed by atoms with Crippen LogP contribution in [0, 0.1) is 0 Å². The van der Waals surface area contributed by atoms with Crippen LogP contribution in [-0.4, -0.2) is 12.1 Å². The average molecular weight is 338 g/mol. The highest BCUT2D eigenvalue weighted by Crippen LogP contribution is 2.13. The van der Waals surface area contributed by atoms with Gasteiger partial charge in [0.05, 0.1) is 6.21 Å². The molecule has 2 rings (SSSR count). The van der Waals surface area contributed by atoms with Gasteiger partial charge in [0.15, 0.2) is 0 Å². The van der Waals surface area contributed by atoms with Crippen molar-refractivity contribution in [1.29, 1.82) is 0 Å². The molecule has 1 N–H and O–H groups in total. The Hall–Kier alpha value is -1.65. The molecule has 0 bridgehead atoms. The van der Waals surface area contributed by atoms with Crippen LogP contribution in [0.3, 0.4) is 0 Å². The fraction of sp³-hybridized carbons (Fsp3) is 0. The van der Waals surface area contributed by atoms with Gasteiger partial charge < -0.3 is 0 Å². The summed E-state index contributed by atoms with van der Waals surface area (Å²) in [6.07, 6.45) is 1.58. The average Bonchev–Trinajstić information content (AvgIpc) is 2.41. The number of benzene rings is 2. The van der Waals surface area contributed by atoms with Gasteiger partial charge in [-0.05, 0) is 24.3 Å².